The molecule has 160 valence electrons. The molecular formula is C21H19ClFN5O3. The zero-order valence-corrected chi connectivity index (χ0v) is 17.7. The summed E-state index contributed by atoms with van der Waals surface area (Å²) >= 11 is 5.68. The zero-order chi connectivity index (χ0) is 22.4. The summed E-state index contributed by atoms with van der Waals surface area (Å²) in [4.78, 5) is 21.4. The first-order valence-electron chi connectivity index (χ1n) is 9.02. The van der Waals surface area contributed by atoms with Crippen molar-refractivity contribution in [3.8, 4) is 17.4 Å². The molecule has 2 aromatic carbocycles. The number of aromatic nitrogens is 2. The van der Waals surface area contributed by atoms with Gasteiger partial charge in [0, 0.05) is 25.3 Å². The van der Waals surface area contributed by atoms with Crippen LogP contribution >= 0.6 is 11.6 Å². The Morgan fingerprint density at radius 3 is 2.77 bits per heavy atom. The number of hydrogen-bond donors (Lipinski definition) is 1. The molecule has 1 N–H and O–H groups in total. The van der Waals surface area contributed by atoms with Crippen LogP contribution < -0.4 is 19.8 Å². The second kappa shape index (κ2) is 9.86. The predicted octanol–water partition coefficient (Wildman–Crippen LogP) is 3.90. The summed E-state index contributed by atoms with van der Waals surface area (Å²) in [5.41, 5.74) is 4.48. The van der Waals surface area contributed by atoms with Gasteiger partial charge in [-0.3, -0.25) is 4.79 Å². The minimum atomic E-state index is -0.766. The van der Waals surface area contributed by atoms with Crippen molar-refractivity contribution in [1.29, 1.82) is 0 Å². The van der Waals surface area contributed by atoms with Crippen LogP contribution in [0.2, 0.25) is 5.28 Å². The van der Waals surface area contributed by atoms with E-state index in [9.17, 15) is 9.18 Å². The number of hydrogen-bond acceptors (Lipinski definition) is 7. The number of ether oxygens (including phenoxy) is 2. The van der Waals surface area contributed by atoms with Crippen molar-refractivity contribution in [2.45, 2.75) is 0 Å². The van der Waals surface area contributed by atoms with Gasteiger partial charge < -0.3 is 14.4 Å². The number of anilines is 1. The summed E-state index contributed by atoms with van der Waals surface area (Å²) in [5, 5.41) is 3.83. The number of rotatable bonds is 7. The summed E-state index contributed by atoms with van der Waals surface area (Å²) < 4.78 is 24.5. The monoisotopic (exact) mass is 443 g/mol. The van der Waals surface area contributed by atoms with Crippen LogP contribution in [-0.2, 0) is 0 Å². The van der Waals surface area contributed by atoms with Crippen molar-refractivity contribution in [1.82, 2.24) is 15.4 Å². The summed E-state index contributed by atoms with van der Waals surface area (Å²) in [6.45, 7) is 0. The molecule has 0 atom stereocenters. The summed E-state index contributed by atoms with van der Waals surface area (Å²) in [7, 11) is 5.22. The molecule has 1 amide bonds. The molecule has 10 heteroatoms. The molecule has 0 radical (unpaired) electrons. The average Bonchev–Trinajstić information content (AvgIpc) is 2.77. The van der Waals surface area contributed by atoms with Gasteiger partial charge in [-0.2, -0.15) is 14.5 Å². The quantitative estimate of drug-likeness (QED) is 0.338. The SMILES string of the molecule is COc1cc(C=NNC(=O)c2cccc(N(C)C)c2)ccc1Oc1nc(Cl)ncc1F. The number of methoxy groups -OCH3 is 1. The van der Waals surface area contributed by atoms with Crippen molar-refractivity contribution in [3.63, 3.8) is 0 Å². The maximum absolute atomic E-state index is 13.8. The smallest absolute Gasteiger partial charge is 0.271 e. The van der Waals surface area contributed by atoms with Crippen LogP contribution in [0.15, 0.2) is 53.8 Å². The second-order valence-electron chi connectivity index (χ2n) is 6.45. The van der Waals surface area contributed by atoms with Gasteiger partial charge in [0.1, 0.15) is 0 Å². The van der Waals surface area contributed by atoms with Gasteiger partial charge in [-0.1, -0.05) is 6.07 Å². The lowest BCUT2D eigenvalue weighted by molar-refractivity contribution is 0.0955. The molecule has 8 nitrogen and oxygen atoms in total. The Bertz CT molecular complexity index is 1120. The summed E-state index contributed by atoms with van der Waals surface area (Å²) in [6.07, 6.45) is 2.36. The molecule has 31 heavy (non-hydrogen) atoms. The predicted molar refractivity (Wildman–Crippen MR) is 116 cm³/mol. The Morgan fingerprint density at radius 1 is 1.23 bits per heavy atom. The lowest BCUT2D eigenvalue weighted by Crippen LogP contribution is -2.18. The molecule has 0 aliphatic heterocycles. The maximum Gasteiger partial charge on any atom is 0.271 e. The third-order valence-electron chi connectivity index (χ3n) is 4.08. The van der Waals surface area contributed by atoms with Gasteiger partial charge in [-0.15, -0.1) is 0 Å². The molecule has 3 aromatic rings. The number of benzene rings is 2. The van der Waals surface area contributed by atoms with E-state index in [1.165, 1.54) is 13.3 Å². The fraction of sp³-hybridized carbons (Fsp3) is 0.143. The van der Waals surface area contributed by atoms with E-state index < -0.39 is 5.82 Å². The van der Waals surface area contributed by atoms with E-state index in [4.69, 9.17) is 21.1 Å². The minimum Gasteiger partial charge on any atom is -0.493 e. The molecule has 0 saturated carbocycles. The number of halogens is 2. The van der Waals surface area contributed by atoms with Crippen LogP contribution in [0.25, 0.3) is 0 Å². The third kappa shape index (κ3) is 5.67. The van der Waals surface area contributed by atoms with Crippen LogP contribution in [0, 0.1) is 5.82 Å². The molecule has 0 bridgehead atoms. The number of carbonyl (C=O) groups excluding carboxylic acids is 1. The van der Waals surface area contributed by atoms with Gasteiger partial charge in [0.25, 0.3) is 11.8 Å². The van der Waals surface area contributed by atoms with Gasteiger partial charge in [0.05, 0.1) is 19.5 Å². The number of nitrogens with one attached hydrogen (secondary N) is 1. The lowest BCUT2D eigenvalue weighted by atomic mass is 10.2. The summed E-state index contributed by atoms with van der Waals surface area (Å²) in [5.74, 6) is -0.908. The number of carbonyl (C=O) groups is 1. The van der Waals surface area contributed by atoms with Crippen LogP contribution in [0.3, 0.4) is 0 Å². The Hall–Kier alpha value is -3.72. The molecule has 0 aliphatic carbocycles. The van der Waals surface area contributed by atoms with Gasteiger partial charge in [0.15, 0.2) is 11.5 Å². The van der Waals surface area contributed by atoms with Gasteiger partial charge in [-0.05, 0) is 53.6 Å². The fourth-order valence-electron chi connectivity index (χ4n) is 2.51. The lowest BCUT2D eigenvalue weighted by Gasteiger charge is -2.12. The second-order valence-corrected chi connectivity index (χ2v) is 6.79. The topological polar surface area (TPSA) is 88.9 Å². The van der Waals surface area contributed by atoms with Crippen molar-refractivity contribution in [2.24, 2.45) is 5.10 Å². The standard InChI is InChI=1S/C21H19ClFN5O3/c1-28(2)15-6-4-5-14(10-15)19(29)27-25-11-13-7-8-17(18(9-13)30-3)31-20-16(23)12-24-21(22)26-20/h4-12H,1-3H3,(H,27,29). The Kier molecular flexibility index (Phi) is 6.99. The van der Waals surface area contributed by atoms with E-state index in [1.807, 2.05) is 25.1 Å². The molecule has 0 aliphatic rings. The van der Waals surface area contributed by atoms with E-state index in [0.717, 1.165) is 11.9 Å². The molecule has 1 aromatic heterocycles. The van der Waals surface area contributed by atoms with Crippen LogP contribution in [0.5, 0.6) is 17.4 Å². The van der Waals surface area contributed by atoms with Crippen LogP contribution in [-0.4, -0.2) is 43.3 Å². The van der Waals surface area contributed by atoms with E-state index in [1.54, 1.807) is 36.4 Å². The van der Waals surface area contributed by atoms with E-state index >= 15 is 0 Å². The van der Waals surface area contributed by atoms with Gasteiger partial charge >= 0.3 is 0 Å². The Labute approximate surface area is 183 Å². The highest BCUT2D eigenvalue weighted by molar-refractivity contribution is 6.28. The van der Waals surface area contributed by atoms with Crippen LogP contribution in [0.4, 0.5) is 10.1 Å². The maximum atomic E-state index is 13.8. The molecule has 3 rings (SSSR count). The molecule has 1 heterocycles. The van der Waals surface area contributed by atoms with E-state index in [-0.39, 0.29) is 22.8 Å². The Balaban J connectivity index is 1.71. The molecule has 0 fully saturated rings. The van der Waals surface area contributed by atoms with Gasteiger partial charge in [-0.25, -0.2) is 10.4 Å². The molecular weight excluding hydrogens is 425 g/mol. The highest BCUT2D eigenvalue weighted by Crippen LogP contribution is 2.32. The minimum absolute atomic E-state index is 0.147. The fourth-order valence-corrected chi connectivity index (χ4v) is 2.64. The third-order valence-corrected chi connectivity index (χ3v) is 4.26. The van der Waals surface area contributed by atoms with Crippen molar-refractivity contribution in [2.75, 3.05) is 26.1 Å². The number of hydrazone groups is 1. The normalized spacial score (nSPS) is 10.7. The first-order valence-corrected chi connectivity index (χ1v) is 9.40. The number of amides is 1. The first-order chi connectivity index (χ1) is 14.9. The highest BCUT2D eigenvalue weighted by Gasteiger charge is 2.13. The van der Waals surface area contributed by atoms with Crippen molar-refractivity contribution in [3.05, 3.63) is 70.9 Å². The largest absolute Gasteiger partial charge is 0.493 e. The van der Waals surface area contributed by atoms with E-state index in [2.05, 4.69) is 20.5 Å². The van der Waals surface area contributed by atoms with Crippen molar-refractivity contribution < 1.29 is 18.7 Å². The molecule has 0 spiro atoms. The highest BCUT2D eigenvalue weighted by atomic mass is 35.5. The van der Waals surface area contributed by atoms with Crippen molar-refractivity contribution >= 4 is 29.4 Å². The zero-order valence-electron chi connectivity index (χ0n) is 17.0. The number of nitrogens with zero attached hydrogens (tertiary/aromatic N) is 4. The molecule has 0 saturated heterocycles. The Morgan fingerprint density at radius 2 is 2.03 bits per heavy atom. The first kappa shape index (κ1) is 22.0. The average molecular weight is 444 g/mol. The van der Waals surface area contributed by atoms with Crippen LogP contribution in [0.1, 0.15) is 15.9 Å². The molecule has 0 unspecified atom stereocenters. The van der Waals surface area contributed by atoms with Gasteiger partial charge in [0.2, 0.25) is 11.1 Å². The van der Waals surface area contributed by atoms with E-state index in [0.29, 0.717) is 16.9 Å². The summed E-state index contributed by atoms with van der Waals surface area (Å²) in [6, 6.07) is 12.0.